The maximum absolute atomic E-state index is 6.58. The Bertz CT molecular complexity index is 1360. The second-order valence-electron chi connectivity index (χ2n) is 11.7. The molecule has 0 amide bonds. The van der Waals surface area contributed by atoms with Crippen LogP contribution in [0.4, 0.5) is 5.69 Å². The molecule has 1 unspecified atom stereocenters. The van der Waals surface area contributed by atoms with Crippen molar-refractivity contribution in [2.45, 2.75) is 76.4 Å². The highest BCUT2D eigenvalue weighted by molar-refractivity contribution is 5.98. The summed E-state index contributed by atoms with van der Waals surface area (Å²) in [6.45, 7) is 8.38. The van der Waals surface area contributed by atoms with Gasteiger partial charge in [0.15, 0.2) is 5.79 Å². The molecule has 6 heteroatoms. The number of aliphatic imine (C=N–C) groups is 1. The number of aryl methyl sites for hydroxylation is 1. The number of amidine groups is 1. The number of rotatable bonds is 4. The summed E-state index contributed by atoms with van der Waals surface area (Å²) in [5.74, 6) is 0.683. The summed E-state index contributed by atoms with van der Waals surface area (Å²) < 4.78 is 15.5. The quantitative estimate of drug-likeness (QED) is 0.598. The first-order valence-corrected chi connectivity index (χ1v) is 12.4. The fraction of sp³-hybridized carbons (Fsp3) is 0.500. The molecule has 1 aromatic carbocycles. The lowest BCUT2D eigenvalue weighted by Crippen LogP contribution is -2.32. The molecule has 0 radical (unpaired) electrons. The Morgan fingerprint density at radius 1 is 1.12 bits per heavy atom. The van der Waals surface area contributed by atoms with E-state index in [9.17, 15) is 0 Å². The molecule has 2 aliphatic heterocycles. The molecule has 2 saturated carbocycles. The van der Waals surface area contributed by atoms with Crippen molar-refractivity contribution in [3.05, 3.63) is 59.9 Å². The SMILES string of the molecule is CC1(C)O[C@H]2[C@H](n3ccc4cccnc43)[C@H]3CC3(CCc3ccc4c(c3)N=C(N)C4(C)C)[C@H]2O1. The number of ether oxygens (including phenoxy) is 2. The Kier molecular flexibility index (Phi) is 3.94. The van der Waals surface area contributed by atoms with Gasteiger partial charge in [0.25, 0.3) is 0 Å². The van der Waals surface area contributed by atoms with Crippen LogP contribution in [0.5, 0.6) is 0 Å². The van der Waals surface area contributed by atoms with Gasteiger partial charge in [-0.1, -0.05) is 12.1 Å². The number of aromatic nitrogens is 2. The van der Waals surface area contributed by atoms with Gasteiger partial charge < -0.3 is 19.8 Å². The third kappa shape index (κ3) is 2.70. The van der Waals surface area contributed by atoms with E-state index in [1.165, 1.54) is 22.9 Å². The van der Waals surface area contributed by atoms with Crippen molar-refractivity contribution >= 4 is 22.6 Å². The number of fused-ring (bicyclic) bond motifs is 5. The van der Waals surface area contributed by atoms with Gasteiger partial charge in [0.2, 0.25) is 0 Å². The van der Waals surface area contributed by atoms with E-state index in [2.05, 4.69) is 59.9 Å². The van der Waals surface area contributed by atoms with Crippen LogP contribution < -0.4 is 5.73 Å². The van der Waals surface area contributed by atoms with Crippen molar-refractivity contribution in [1.29, 1.82) is 0 Å². The predicted octanol–water partition coefficient (Wildman–Crippen LogP) is 5.03. The smallest absolute Gasteiger partial charge is 0.163 e. The second-order valence-corrected chi connectivity index (χ2v) is 11.7. The molecule has 1 saturated heterocycles. The highest BCUT2D eigenvalue weighted by Gasteiger charge is 2.75. The Hall–Kier alpha value is -2.70. The van der Waals surface area contributed by atoms with Crippen LogP contribution in [0.2, 0.25) is 0 Å². The van der Waals surface area contributed by atoms with Crippen LogP contribution in [0, 0.1) is 11.3 Å². The number of nitrogens with zero attached hydrogens (tertiary/aromatic N) is 3. The fourth-order valence-electron chi connectivity index (χ4n) is 7.00. The van der Waals surface area contributed by atoms with Gasteiger partial charge in [0.1, 0.15) is 17.6 Å². The fourth-order valence-corrected chi connectivity index (χ4v) is 7.00. The van der Waals surface area contributed by atoms with Crippen LogP contribution in [0.1, 0.15) is 57.7 Å². The highest BCUT2D eigenvalue weighted by atomic mass is 16.8. The third-order valence-electron chi connectivity index (χ3n) is 8.92. The molecular weight excluding hydrogens is 424 g/mol. The molecule has 6 nitrogen and oxygen atoms in total. The van der Waals surface area contributed by atoms with E-state index in [0.717, 1.165) is 24.2 Å². The van der Waals surface area contributed by atoms with Gasteiger partial charge in [-0.3, -0.25) is 0 Å². The maximum Gasteiger partial charge on any atom is 0.163 e. The molecule has 5 atom stereocenters. The van der Waals surface area contributed by atoms with Gasteiger partial charge >= 0.3 is 0 Å². The highest BCUT2D eigenvalue weighted by Crippen LogP contribution is 2.73. The average Bonchev–Trinajstić information content (AvgIpc) is 2.99. The Morgan fingerprint density at radius 3 is 2.82 bits per heavy atom. The van der Waals surface area contributed by atoms with Gasteiger partial charge in [0.05, 0.1) is 17.8 Å². The number of nitrogens with two attached hydrogens (primary N) is 1. The van der Waals surface area contributed by atoms with Gasteiger partial charge in [-0.15, -0.1) is 0 Å². The van der Waals surface area contributed by atoms with Crippen LogP contribution in [-0.2, 0) is 21.3 Å². The summed E-state index contributed by atoms with van der Waals surface area (Å²) >= 11 is 0. The van der Waals surface area contributed by atoms with Crippen LogP contribution >= 0.6 is 0 Å². The van der Waals surface area contributed by atoms with Gasteiger partial charge in [0, 0.05) is 28.6 Å². The van der Waals surface area contributed by atoms with Crippen molar-refractivity contribution < 1.29 is 9.47 Å². The largest absolute Gasteiger partial charge is 0.386 e. The molecule has 3 fully saturated rings. The standard InChI is InChI=1S/C28H32N4O2/c1-26(2)18-8-7-16(14-20(18)31-25(26)29)9-11-28-15-19(28)21(22-23(28)34-27(3,4)33-22)32-13-10-17-6-5-12-30-24(17)32/h5-8,10,12-14,19,21-23H,9,11,15H2,1-4H3,(H2,29,31)/t19-,21-,22+,23+,28?/m1/s1. The van der Waals surface area contributed by atoms with Crippen molar-refractivity contribution in [1.82, 2.24) is 9.55 Å². The summed E-state index contributed by atoms with van der Waals surface area (Å²) in [7, 11) is 0. The van der Waals surface area contributed by atoms with Crippen molar-refractivity contribution in [2.24, 2.45) is 22.1 Å². The molecular formula is C28H32N4O2. The molecule has 3 aromatic rings. The molecule has 7 rings (SSSR count). The average molecular weight is 457 g/mol. The molecule has 4 aliphatic rings. The normalized spacial score (nSPS) is 34.1. The second kappa shape index (κ2) is 6.49. The minimum Gasteiger partial charge on any atom is -0.386 e. The van der Waals surface area contributed by atoms with E-state index in [4.69, 9.17) is 20.2 Å². The summed E-state index contributed by atoms with van der Waals surface area (Å²) in [5.41, 5.74) is 10.8. The van der Waals surface area contributed by atoms with Gasteiger partial charge in [-0.05, 0) is 88.3 Å². The van der Waals surface area contributed by atoms with E-state index in [1.54, 1.807) is 0 Å². The van der Waals surface area contributed by atoms with E-state index in [0.29, 0.717) is 11.8 Å². The first kappa shape index (κ1) is 20.7. The molecule has 4 heterocycles. The van der Waals surface area contributed by atoms with Crippen molar-refractivity contribution in [2.75, 3.05) is 0 Å². The number of pyridine rings is 1. The summed E-state index contributed by atoms with van der Waals surface area (Å²) in [6, 6.07) is 13.3. The summed E-state index contributed by atoms with van der Waals surface area (Å²) in [6.07, 6.45) is 7.50. The van der Waals surface area contributed by atoms with E-state index < -0.39 is 5.79 Å². The van der Waals surface area contributed by atoms with Crippen LogP contribution in [0.3, 0.4) is 0 Å². The molecule has 34 heavy (non-hydrogen) atoms. The topological polar surface area (TPSA) is 74.7 Å². The molecule has 2 aliphatic carbocycles. The molecule has 0 bridgehead atoms. The van der Waals surface area contributed by atoms with Crippen LogP contribution in [-0.4, -0.2) is 33.4 Å². The lowest BCUT2D eigenvalue weighted by atomic mass is 9.84. The van der Waals surface area contributed by atoms with E-state index >= 15 is 0 Å². The molecule has 2 N–H and O–H groups in total. The Labute approximate surface area is 200 Å². The van der Waals surface area contributed by atoms with Crippen LogP contribution in [0.25, 0.3) is 11.0 Å². The minimum absolute atomic E-state index is 0.0524. The first-order valence-electron chi connectivity index (χ1n) is 12.4. The lowest BCUT2D eigenvalue weighted by molar-refractivity contribution is -0.161. The zero-order valence-corrected chi connectivity index (χ0v) is 20.3. The van der Waals surface area contributed by atoms with E-state index in [-0.39, 0.29) is 29.1 Å². The van der Waals surface area contributed by atoms with Crippen LogP contribution in [0.15, 0.2) is 53.8 Å². The maximum atomic E-state index is 6.58. The Morgan fingerprint density at radius 2 is 1.97 bits per heavy atom. The third-order valence-corrected chi connectivity index (χ3v) is 8.92. The number of benzene rings is 1. The van der Waals surface area contributed by atoms with Crippen molar-refractivity contribution in [3.63, 3.8) is 0 Å². The molecule has 176 valence electrons. The van der Waals surface area contributed by atoms with E-state index in [1.807, 2.05) is 26.1 Å². The minimum atomic E-state index is -0.560. The lowest BCUT2D eigenvalue weighted by Gasteiger charge is -2.24. The first-order chi connectivity index (χ1) is 16.2. The summed E-state index contributed by atoms with van der Waals surface area (Å²) in [4.78, 5) is 9.36. The number of hydrogen-bond donors (Lipinski definition) is 1. The zero-order valence-electron chi connectivity index (χ0n) is 20.3. The Balaban J connectivity index is 1.19. The van der Waals surface area contributed by atoms with Crippen molar-refractivity contribution in [3.8, 4) is 0 Å². The van der Waals surface area contributed by atoms with Gasteiger partial charge in [-0.25, -0.2) is 9.98 Å². The predicted molar refractivity (Wildman–Crippen MR) is 132 cm³/mol. The molecule has 0 spiro atoms. The van der Waals surface area contributed by atoms with Gasteiger partial charge in [-0.2, -0.15) is 0 Å². The number of hydrogen-bond acceptors (Lipinski definition) is 5. The monoisotopic (exact) mass is 456 g/mol. The summed E-state index contributed by atoms with van der Waals surface area (Å²) in [5, 5.41) is 1.18. The molecule has 2 aromatic heterocycles. The zero-order chi connectivity index (χ0) is 23.5.